The summed E-state index contributed by atoms with van der Waals surface area (Å²) in [5, 5.41) is 15.9. The van der Waals surface area contributed by atoms with E-state index in [1.54, 1.807) is 22.5 Å². The van der Waals surface area contributed by atoms with Gasteiger partial charge in [-0.05, 0) is 23.3 Å². The number of hydrogen-bond donors (Lipinski definition) is 2. The quantitative estimate of drug-likeness (QED) is 0.538. The summed E-state index contributed by atoms with van der Waals surface area (Å²) in [7, 11) is 1.85. The van der Waals surface area contributed by atoms with E-state index in [0.717, 1.165) is 55.0 Å². The van der Waals surface area contributed by atoms with E-state index < -0.39 is 0 Å². The smallest absolute Gasteiger partial charge is 0.252 e. The zero-order valence-corrected chi connectivity index (χ0v) is 16.3. The summed E-state index contributed by atoms with van der Waals surface area (Å²) in [5.41, 5.74) is -0.0748. The van der Waals surface area contributed by atoms with Crippen LogP contribution in [0.5, 0.6) is 0 Å². The van der Waals surface area contributed by atoms with Gasteiger partial charge >= 0.3 is 0 Å². The first-order chi connectivity index (χ1) is 12.5. The molecule has 0 atom stereocenters. The maximum atomic E-state index is 11.9. The van der Waals surface area contributed by atoms with Gasteiger partial charge in [-0.2, -0.15) is 0 Å². The number of aromatic nitrogens is 6. The molecule has 26 heavy (non-hydrogen) atoms. The predicted molar refractivity (Wildman–Crippen MR) is 102 cm³/mol. The molecule has 0 radical (unpaired) electrons. The third-order valence-electron chi connectivity index (χ3n) is 4.46. The number of rotatable bonds is 7. The van der Waals surface area contributed by atoms with Crippen molar-refractivity contribution in [3.63, 3.8) is 0 Å². The number of nitrogens with zero attached hydrogens (tertiary/aromatic N) is 6. The highest BCUT2D eigenvalue weighted by Gasteiger charge is 2.20. The molecule has 0 aliphatic carbocycles. The predicted octanol–water partition coefficient (Wildman–Crippen LogP) is 0.768. The van der Waals surface area contributed by atoms with Gasteiger partial charge in [0.25, 0.3) is 5.56 Å². The van der Waals surface area contributed by atoms with Gasteiger partial charge in [0.2, 0.25) is 5.16 Å². The van der Waals surface area contributed by atoms with Crippen LogP contribution in [0.4, 0.5) is 5.82 Å². The molecule has 0 amide bonds. The molecule has 0 unspecified atom stereocenters. The van der Waals surface area contributed by atoms with Gasteiger partial charge in [0.1, 0.15) is 11.6 Å². The molecule has 9 nitrogen and oxygen atoms in total. The summed E-state index contributed by atoms with van der Waals surface area (Å²) in [6, 6.07) is 2.10. The van der Waals surface area contributed by atoms with E-state index >= 15 is 0 Å². The molecule has 3 rings (SSSR count). The monoisotopic (exact) mass is 378 g/mol. The normalized spacial score (nSPS) is 15.8. The van der Waals surface area contributed by atoms with E-state index in [1.165, 1.54) is 0 Å². The van der Waals surface area contributed by atoms with Crippen LogP contribution in [0.15, 0.2) is 16.0 Å². The van der Waals surface area contributed by atoms with E-state index in [2.05, 4.69) is 35.7 Å². The average Bonchev–Trinajstić information content (AvgIpc) is 3.03. The number of aryl methyl sites for hydroxylation is 1. The highest BCUT2D eigenvalue weighted by Crippen LogP contribution is 2.19. The van der Waals surface area contributed by atoms with Crippen molar-refractivity contribution in [2.75, 3.05) is 30.3 Å². The van der Waals surface area contributed by atoms with Crippen molar-refractivity contribution in [1.29, 1.82) is 0 Å². The van der Waals surface area contributed by atoms with E-state index in [0.29, 0.717) is 6.04 Å². The molecule has 10 heteroatoms. The van der Waals surface area contributed by atoms with Gasteiger partial charge in [-0.3, -0.25) is 4.79 Å². The van der Waals surface area contributed by atoms with Gasteiger partial charge in [0, 0.05) is 50.5 Å². The van der Waals surface area contributed by atoms with Crippen molar-refractivity contribution in [1.82, 2.24) is 35.5 Å². The minimum absolute atomic E-state index is 0.0748. The Morgan fingerprint density at radius 3 is 2.81 bits per heavy atom. The fourth-order valence-electron chi connectivity index (χ4n) is 2.96. The molecule has 0 bridgehead atoms. The van der Waals surface area contributed by atoms with Crippen LogP contribution in [0.1, 0.15) is 38.4 Å². The fourth-order valence-corrected chi connectivity index (χ4v) is 3.68. The molecular weight excluding hydrogens is 352 g/mol. The molecule has 1 aliphatic rings. The molecule has 0 aromatic carbocycles. The van der Waals surface area contributed by atoms with Gasteiger partial charge < -0.3 is 15.2 Å². The summed E-state index contributed by atoms with van der Waals surface area (Å²) in [6.07, 6.45) is 2.09. The van der Waals surface area contributed by atoms with Crippen LogP contribution in [0.2, 0.25) is 0 Å². The van der Waals surface area contributed by atoms with Crippen LogP contribution < -0.4 is 15.8 Å². The van der Waals surface area contributed by atoms with Gasteiger partial charge in [-0.1, -0.05) is 25.6 Å². The molecule has 2 aromatic rings. The summed E-state index contributed by atoms with van der Waals surface area (Å²) >= 11 is 1.65. The number of piperidine rings is 1. The number of nitrogens with one attached hydrogen (secondary N) is 2. The summed E-state index contributed by atoms with van der Waals surface area (Å²) in [5.74, 6) is 2.69. The zero-order valence-electron chi connectivity index (χ0n) is 15.5. The van der Waals surface area contributed by atoms with Crippen LogP contribution in [0.25, 0.3) is 0 Å². The summed E-state index contributed by atoms with van der Waals surface area (Å²) < 4.78 is 1.68. The second-order valence-electron chi connectivity index (χ2n) is 6.79. The molecule has 0 saturated carbocycles. The number of anilines is 1. The lowest BCUT2D eigenvalue weighted by molar-refractivity contribution is 0.423. The first kappa shape index (κ1) is 18.8. The summed E-state index contributed by atoms with van der Waals surface area (Å²) in [4.78, 5) is 21.5. The number of H-pyrrole nitrogens is 1. The minimum atomic E-state index is -0.0748. The third kappa shape index (κ3) is 4.82. The van der Waals surface area contributed by atoms with Crippen molar-refractivity contribution < 1.29 is 0 Å². The van der Waals surface area contributed by atoms with Crippen molar-refractivity contribution >= 4 is 17.6 Å². The lowest BCUT2D eigenvalue weighted by Crippen LogP contribution is -2.43. The molecule has 0 spiro atoms. The number of tetrazole rings is 1. The topological polar surface area (TPSA) is 105 Å². The molecule has 3 heterocycles. The lowest BCUT2D eigenvalue weighted by atomic mass is 10.1. The van der Waals surface area contributed by atoms with Crippen LogP contribution >= 0.6 is 11.8 Å². The van der Waals surface area contributed by atoms with Crippen LogP contribution in [-0.4, -0.2) is 61.6 Å². The van der Waals surface area contributed by atoms with Gasteiger partial charge in [0.15, 0.2) is 0 Å². The molecule has 1 saturated heterocycles. The van der Waals surface area contributed by atoms with E-state index in [1.807, 2.05) is 20.9 Å². The highest BCUT2D eigenvalue weighted by molar-refractivity contribution is 7.99. The van der Waals surface area contributed by atoms with Crippen LogP contribution in [-0.2, 0) is 7.05 Å². The Kier molecular flexibility index (Phi) is 6.25. The molecule has 142 valence electrons. The largest absolute Gasteiger partial charge is 0.356 e. The van der Waals surface area contributed by atoms with E-state index in [4.69, 9.17) is 0 Å². The maximum Gasteiger partial charge on any atom is 0.252 e. The van der Waals surface area contributed by atoms with E-state index in [9.17, 15) is 4.79 Å². The Morgan fingerprint density at radius 1 is 1.38 bits per heavy atom. The fraction of sp³-hybridized carbons (Fsp3) is 0.688. The van der Waals surface area contributed by atoms with Crippen molar-refractivity contribution in [2.45, 2.75) is 43.8 Å². The molecule has 1 fully saturated rings. The Hall–Kier alpha value is -1.94. The molecular formula is C16H26N8OS. The minimum Gasteiger partial charge on any atom is -0.356 e. The third-order valence-corrected chi connectivity index (χ3v) is 5.47. The van der Waals surface area contributed by atoms with E-state index in [-0.39, 0.29) is 11.5 Å². The van der Waals surface area contributed by atoms with Gasteiger partial charge in [-0.25, -0.2) is 9.67 Å². The second kappa shape index (κ2) is 8.63. The van der Waals surface area contributed by atoms with Gasteiger partial charge in [-0.15, -0.1) is 5.10 Å². The van der Waals surface area contributed by atoms with Crippen LogP contribution in [0.3, 0.4) is 0 Å². The Balaban J connectivity index is 1.44. The summed E-state index contributed by atoms with van der Waals surface area (Å²) in [6.45, 7) is 6.81. The van der Waals surface area contributed by atoms with Crippen molar-refractivity contribution in [3.05, 3.63) is 22.2 Å². The number of aromatic amines is 1. The maximum absolute atomic E-state index is 11.9. The molecule has 2 aromatic heterocycles. The first-order valence-corrected chi connectivity index (χ1v) is 9.96. The van der Waals surface area contributed by atoms with Gasteiger partial charge in [0.05, 0.1) is 0 Å². The van der Waals surface area contributed by atoms with Crippen molar-refractivity contribution in [3.8, 4) is 0 Å². The Labute approximate surface area is 157 Å². The number of hydrogen-bond acceptors (Lipinski definition) is 8. The molecule has 2 N–H and O–H groups in total. The first-order valence-electron chi connectivity index (χ1n) is 8.97. The molecule has 1 aliphatic heterocycles. The SMILES string of the molecule is CC(C)c1nc(N2CCC(NCCSc3nnnn3C)CC2)cc(=O)[nH]1. The average molecular weight is 379 g/mol. The Bertz CT molecular complexity index is 766. The second-order valence-corrected chi connectivity index (χ2v) is 7.85. The Morgan fingerprint density at radius 2 is 2.15 bits per heavy atom. The zero-order chi connectivity index (χ0) is 18.5. The van der Waals surface area contributed by atoms with Crippen LogP contribution in [0, 0.1) is 0 Å². The number of thioether (sulfide) groups is 1. The van der Waals surface area contributed by atoms with Crippen molar-refractivity contribution in [2.24, 2.45) is 7.05 Å². The lowest BCUT2D eigenvalue weighted by Gasteiger charge is -2.33. The highest BCUT2D eigenvalue weighted by atomic mass is 32.2. The standard InChI is InChI=1S/C16H26N8OS/c1-11(2)15-18-13(10-14(25)19-15)24-7-4-12(5-8-24)17-6-9-26-16-20-21-22-23(16)3/h10-12,17H,4-9H2,1-3H3,(H,18,19,25).